The molecule has 1 aliphatic heterocycles. The largest absolute Gasteiger partial charge is 0.459 e. The highest BCUT2D eigenvalue weighted by atomic mass is 19.1. The van der Waals surface area contributed by atoms with Gasteiger partial charge in [-0.3, -0.25) is 4.90 Å². The van der Waals surface area contributed by atoms with Crippen molar-refractivity contribution >= 4 is 11.8 Å². The molecular formula is C47H59FN2O8. The average Bonchev–Trinajstić information content (AvgIpc) is 3.22. The van der Waals surface area contributed by atoms with Gasteiger partial charge in [-0.05, 0) is 130 Å². The number of rotatable bonds is 19. The summed E-state index contributed by atoms with van der Waals surface area (Å²) in [6.07, 6.45) is 8.22. The maximum absolute atomic E-state index is 14.3. The summed E-state index contributed by atoms with van der Waals surface area (Å²) < 4.78 is 40.7. The minimum Gasteiger partial charge on any atom is -0.459 e. The minimum atomic E-state index is -1.46. The topological polar surface area (TPSA) is 119 Å². The number of aliphatic hydroxyl groups is 2. The molecule has 1 amide bonds. The highest BCUT2D eigenvalue weighted by Gasteiger charge is 2.65. The van der Waals surface area contributed by atoms with E-state index in [1.165, 1.54) is 17.7 Å². The summed E-state index contributed by atoms with van der Waals surface area (Å²) in [5.41, 5.74) is 5.57. The smallest absolute Gasteiger partial charge is 0.410 e. The van der Waals surface area contributed by atoms with Gasteiger partial charge in [0.1, 0.15) is 35.7 Å². The number of amides is 1. The van der Waals surface area contributed by atoms with Crippen molar-refractivity contribution in [1.29, 1.82) is 0 Å². The van der Waals surface area contributed by atoms with Crippen molar-refractivity contribution < 1.29 is 43.2 Å². The number of aliphatic hydroxyl groups excluding tert-OH is 2. The molecular weight excluding hydrogens is 740 g/mol. The Balaban J connectivity index is 1.60. The van der Waals surface area contributed by atoms with Gasteiger partial charge in [-0.25, -0.2) is 9.18 Å². The number of halogens is 1. The lowest BCUT2D eigenvalue weighted by Crippen LogP contribution is -2.70. The summed E-state index contributed by atoms with van der Waals surface area (Å²) in [6, 6.07) is 17.2. The number of hydrogen-bond donors (Lipinski definition) is 2. The van der Waals surface area contributed by atoms with Crippen LogP contribution in [0.2, 0.25) is 0 Å². The maximum atomic E-state index is 14.3. The zero-order valence-corrected chi connectivity index (χ0v) is 34.3. The molecule has 2 aliphatic carbocycles. The van der Waals surface area contributed by atoms with Gasteiger partial charge in [0.15, 0.2) is 0 Å². The van der Waals surface area contributed by atoms with Gasteiger partial charge in [-0.15, -0.1) is 6.58 Å². The summed E-state index contributed by atoms with van der Waals surface area (Å²) in [5, 5.41) is 24.5. The van der Waals surface area contributed by atoms with Crippen LogP contribution in [0, 0.1) is 37.4 Å². The van der Waals surface area contributed by atoms with E-state index in [-0.39, 0.29) is 63.0 Å². The van der Waals surface area contributed by atoms with Crippen LogP contribution in [0.25, 0.3) is 0 Å². The highest BCUT2D eigenvalue weighted by molar-refractivity contribution is 6.03. The molecule has 3 aliphatic rings. The lowest BCUT2D eigenvalue weighted by Gasteiger charge is -2.59. The lowest BCUT2D eigenvalue weighted by atomic mass is 9.55. The molecule has 1 saturated carbocycles. The number of hydrogen-bond acceptors (Lipinski definition) is 9. The Morgan fingerprint density at radius 3 is 2.38 bits per heavy atom. The summed E-state index contributed by atoms with van der Waals surface area (Å²) in [5.74, 6) is -0.431. The SMILES string of the molecule is C=CCO[C@@]12Oc3ccc(Oc4ccc(C)c(C)c4)cc3[C@H]3[C@H](CCCCO)[C@@H](CCCCO)C=C(C(=NOCC)C[C@@H]1N(Cc1ccc(F)cc1)C(=O)OCC)[C@H]32. The molecule has 312 valence electrons. The maximum Gasteiger partial charge on any atom is 0.410 e. The molecule has 3 aromatic carbocycles. The predicted octanol–water partition coefficient (Wildman–Crippen LogP) is 9.55. The second kappa shape index (κ2) is 19.8. The lowest BCUT2D eigenvalue weighted by molar-refractivity contribution is -0.256. The Bertz CT molecular complexity index is 1930. The van der Waals surface area contributed by atoms with Gasteiger partial charge in [0.25, 0.3) is 0 Å². The van der Waals surface area contributed by atoms with E-state index in [1.807, 2.05) is 37.3 Å². The third kappa shape index (κ3) is 9.27. The van der Waals surface area contributed by atoms with Crippen molar-refractivity contribution in [1.82, 2.24) is 4.90 Å². The van der Waals surface area contributed by atoms with Crippen LogP contribution in [0.3, 0.4) is 0 Å². The Morgan fingerprint density at radius 2 is 1.69 bits per heavy atom. The summed E-state index contributed by atoms with van der Waals surface area (Å²) in [4.78, 5) is 21.7. The normalized spacial score (nSPS) is 23.9. The number of unbranched alkanes of at least 4 members (excludes halogenated alkanes) is 2. The molecule has 0 unspecified atom stereocenters. The standard InChI is InChI=1S/C47H59FN2O8/c1-6-25-55-47-43(50(46(53)54-7-2)30-33-16-18-35(48)19-17-33)29-41(49-56-8-3)39-27-34(13-9-11-23-51)38(14-10-12-24-52)44(45(39)47)40-28-37(21-22-42(40)58-47)57-36-20-15-31(4)32(5)26-36/h6,15-22,26-28,34,38,43-45,51-52H,1,7-14,23-25,29-30H2,2-5H3/t34-,38+,43-,44+,45+,47+/m0/s1. The van der Waals surface area contributed by atoms with E-state index in [2.05, 4.69) is 32.6 Å². The Kier molecular flexibility index (Phi) is 14.7. The number of oxime groups is 1. The molecule has 0 spiro atoms. The number of carbonyl (C=O) groups excluding carboxylic acids is 1. The number of nitrogens with zero attached hydrogens (tertiary/aromatic N) is 2. The molecule has 11 heteroatoms. The first-order valence-electron chi connectivity index (χ1n) is 20.8. The van der Waals surface area contributed by atoms with Crippen LogP contribution in [-0.4, -0.2) is 71.8 Å². The second-order valence-corrected chi connectivity index (χ2v) is 15.5. The predicted molar refractivity (Wildman–Crippen MR) is 222 cm³/mol. The molecule has 3 aromatic rings. The fourth-order valence-electron chi connectivity index (χ4n) is 9.06. The van der Waals surface area contributed by atoms with Crippen LogP contribution in [-0.2, 0) is 20.9 Å². The number of benzene rings is 3. The van der Waals surface area contributed by atoms with Crippen LogP contribution in [0.5, 0.6) is 17.2 Å². The first-order valence-corrected chi connectivity index (χ1v) is 20.8. The zero-order chi connectivity index (χ0) is 41.2. The van der Waals surface area contributed by atoms with Gasteiger partial charge in [0, 0.05) is 37.7 Å². The van der Waals surface area contributed by atoms with Crippen LogP contribution >= 0.6 is 0 Å². The number of carbonyl (C=O) groups is 1. The van der Waals surface area contributed by atoms with Crippen LogP contribution < -0.4 is 9.47 Å². The molecule has 0 bridgehead atoms. The van der Waals surface area contributed by atoms with Crippen LogP contribution in [0.4, 0.5) is 9.18 Å². The first kappa shape index (κ1) is 42.9. The minimum absolute atomic E-state index is 0.0467. The Labute approximate surface area is 342 Å². The van der Waals surface area contributed by atoms with E-state index < -0.39 is 23.8 Å². The summed E-state index contributed by atoms with van der Waals surface area (Å²) in [7, 11) is 0. The van der Waals surface area contributed by atoms with Gasteiger partial charge in [0.05, 0.1) is 24.8 Å². The Morgan fingerprint density at radius 1 is 0.966 bits per heavy atom. The molecule has 1 heterocycles. The zero-order valence-electron chi connectivity index (χ0n) is 34.3. The van der Waals surface area contributed by atoms with Gasteiger partial charge < -0.3 is 34.0 Å². The van der Waals surface area contributed by atoms with E-state index in [1.54, 1.807) is 30.0 Å². The van der Waals surface area contributed by atoms with Crippen molar-refractivity contribution in [2.75, 3.05) is 33.0 Å². The molecule has 6 atom stereocenters. The van der Waals surface area contributed by atoms with E-state index in [0.29, 0.717) is 42.2 Å². The van der Waals surface area contributed by atoms with Gasteiger partial charge in [0.2, 0.25) is 5.79 Å². The van der Waals surface area contributed by atoms with Gasteiger partial charge in [-0.2, -0.15) is 0 Å². The average molecular weight is 799 g/mol. The van der Waals surface area contributed by atoms with Gasteiger partial charge >= 0.3 is 6.09 Å². The fourth-order valence-corrected chi connectivity index (χ4v) is 9.06. The summed E-state index contributed by atoms with van der Waals surface area (Å²) >= 11 is 0. The van der Waals surface area contributed by atoms with E-state index in [0.717, 1.165) is 48.1 Å². The van der Waals surface area contributed by atoms with E-state index in [4.69, 9.17) is 28.9 Å². The Hall–Kier alpha value is -4.71. The van der Waals surface area contributed by atoms with Crippen LogP contribution in [0.1, 0.15) is 87.0 Å². The van der Waals surface area contributed by atoms with E-state index >= 15 is 0 Å². The van der Waals surface area contributed by atoms with Crippen molar-refractivity contribution in [2.45, 2.75) is 96.9 Å². The monoisotopic (exact) mass is 798 g/mol. The number of fused-ring (bicyclic) bond motifs is 2. The van der Waals surface area contributed by atoms with Gasteiger partial charge in [-0.1, -0.05) is 48.3 Å². The van der Waals surface area contributed by atoms with Crippen molar-refractivity contribution in [3.8, 4) is 17.2 Å². The number of aryl methyl sites for hydroxylation is 2. The quantitative estimate of drug-likeness (QED) is 0.0700. The molecule has 6 rings (SSSR count). The molecule has 0 aromatic heterocycles. The number of ether oxygens (including phenoxy) is 4. The van der Waals surface area contributed by atoms with Crippen molar-refractivity contribution in [3.63, 3.8) is 0 Å². The molecule has 2 N–H and O–H groups in total. The number of allylic oxidation sites excluding steroid dienone is 1. The third-order valence-corrected chi connectivity index (χ3v) is 11.8. The molecule has 1 fully saturated rings. The first-order chi connectivity index (χ1) is 28.2. The van der Waals surface area contributed by atoms with Crippen molar-refractivity contribution in [2.24, 2.45) is 22.9 Å². The molecule has 0 saturated heterocycles. The van der Waals surface area contributed by atoms with E-state index in [9.17, 15) is 19.4 Å². The molecule has 10 nitrogen and oxygen atoms in total. The summed E-state index contributed by atoms with van der Waals surface area (Å²) in [6.45, 7) is 12.7. The fraction of sp³-hybridized carbons (Fsp3) is 0.489. The highest BCUT2D eigenvalue weighted by Crippen LogP contribution is 2.62. The molecule has 58 heavy (non-hydrogen) atoms. The van der Waals surface area contributed by atoms with Crippen LogP contribution in [0.15, 0.2) is 90.1 Å². The molecule has 0 radical (unpaired) electrons. The van der Waals surface area contributed by atoms with Crippen molar-refractivity contribution in [3.05, 3.63) is 113 Å². The third-order valence-electron chi connectivity index (χ3n) is 11.8. The second-order valence-electron chi connectivity index (χ2n) is 15.5.